The number of benzene rings is 1. The van der Waals surface area contributed by atoms with Crippen molar-refractivity contribution in [1.82, 2.24) is 4.31 Å². The number of carboxylic acids is 1. The van der Waals surface area contributed by atoms with Gasteiger partial charge in [0.15, 0.2) is 0 Å². The zero-order chi connectivity index (χ0) is 15.2. The third-order valence-electron chi connectivity index (χ3n) is 2.81. The van der Waals surface area contributed by atoms with E-state index >= 15 is 0 Å². The Bertz CT molecular complexity index is 620. The second-order valence-electron chi connectivity index (χ2n) is 4.34. The molecule has 0 bridgehead atoms. The molecule has 0 amide bonds. The molecule has 0 aromatic heterocycles. The maximum atomic E-state index is 12.1. The quantitative estimate of drug-likeness (QED) is 0.814. The molecule has 0 aliphatic heterocycles. The van der Waals surface area contributed by atoms with E-state index in [1.165, 1.54) is 7.05 Å². The third-order valence-corrected chi connectivity index (χ3v) is 4.62. The summed E-state index contributed by atoms with van der Waals surface area (Å²) in [6.07, 6.45) is 0.180. The van der Waals surface area contributed by atoms with Gasteiger partial charge in [-0.15, -0.1) is 0 Å². The van der Waals surface area contributed by atoms with E-state index in [-0.39, 0.29) is 25.1 Å². The van der Waals surface area contributed by atoms with E-state index in [9.17, 15) is 13.2 Å². The van der Waals surface area contributed by atoms with Gasteiger partial charge in [0.2, 0.25) is 10.0 Å². The molecule has 0 spiro atoms. The summed E-state index contributed by atoms with van der Waals surface area (Å²) >= 11 is 0. The van der Waals surface area contributed by atoms with Crippen molar-refractivity contribution in [2.24, 2.45) is 0 Å². The lowest BCUT2D eigenvalue weighted by molar-refractivity contribution is -0.137. The van der Waals surface area contributed by atoms with Crippen molar-refractivity contribution < 1.29 is 18.3 Å². The molecule has 6 nitrogen and oxygen atoms in total. The zero-order valence-electron chi connectivity index (χ0n) is 11.1. The minimum atomic E-state index is -3.55. The summed E-state index contributed by atoms with van der Waals surface area (Å²) in [5.41, 5.74) is 0.773. The smallest absolute Gasteiger partial charge is 0.303 e. The summed E-state index contributed by atoms with van der Waals surface area (Å²) in [5.74, 6) is -1.22. The molecule has 20 heavy (non-hydrogen) atoms. The molecule has 0 aliphatic carbocycles. The van der Waals surface area contributed by atoms with Crippen LogP contribution < -0.4 is 0 Å². The molecule has 1 aromatic rings. The van der Waals surface area contributed by atoms with Crippen LogP contribution in [0, 0.1) is 11.3 Å². The maximum Gasteiger partial charge on any atom is 0.303 e. The molecule has 7 heteroatoms. The Hall–Kier alpha value is -1.91. The van der Waals surface area contributed by atoms with Crippen LogP contribution in [0.25, 0.3) is 0 Å². The number of nitriles is 1. The van der Waals surface area contributed by atoms with Gasteiger partial charge >= 0.3 is 5.97 Å². The highest BCUT2D eigenvalue weighted by molar-refractivity contribution is 7.88. The predicted octanol–water partition coefficient (Wildman–Crippen LogP) is 1.18. The number of rotatable bonds is 7. The van der Waals surface area contributed by atoms with Gasteiger partial charge < -0.3 is 5.11 Å². The Morgan fingerprint density at radius 1 is 1.40 bits per heavy atom. The lowest BCUT2D eigenvalue weighted by Gasteiger charge is -2.17. The predicted molar refractivity (Wildman–Crippen MR) is 73.3 cm³/mol. The zero-order valence-corrected chi connectivity index (χ0v) is 11.9. The highest BCUT2D eigenvalue weighted by Gasteiger charge is 2.19. The average molecular weight is 296 g/mol. The van der Waals surface area contributed by atoms with Crippen LogP contribution in [0.5, 0.6) is 0 Å². The third kappa shape index (κ3) is 4.64. The van der Waals surface area contributed by atoms with E-state index in [0.717, 1.165) is 4.31 Å². The lowest BCUT2D eigenvalue weighted by atomic mass is 10.1. The van der Waals surface area contributed by atoms with Crippen molar-refractivity contribution in [2.45, 2.75) is 18.6 Å². The van der Waals surface area contributed by atoms with Crippen LogP contribution in [-0.4, -0.2) is 37.4 Å². The Morgan fingerprint density at radius 3 is 2.65 bits per heavy atom. The second-order valence-corrected chi connectivity index (χ2v) is 6.42. The van der Waals surface area contributed by atoms with E-state index in [4.69, 9.17) is 10.4 Å². The summed E-state index contributed by atoms with van der Waals surface area (Å²) in [6.45, 7) is 0.142. The number of carboxylic acid groups (broad SMARTS) is 1. The van der Waals surface area contributed by atoms with Gasteiger partial charge in [0, 0.05) is 20.0 Å². The fourth-order valence-corrected chi connectivity index (χ4v) is 2.93. The Balaban J connectivity index is 2.74. The van der Waals surface area contributed by atoms with E-state index < -0.39 is 16.0 Å². The van der Waals surface area contributed by atoms with Crippen molar-refractivity contribution in [3.63, 3.8) is 0 Å². The largest absolute Gasteiger partial charge is 0.481 e. The first-order chi connectivity index (χ1) is 9.36. The number of sulfonamides is 1. The summed E-state index contributed by atoms with van der Waals surface area (Å²) in [7, 11) is -2.15. The van der Waals surface area contributed by atoms with Gasteiger partial charge in [-0.1, -0.05) is 18.2 Å². The number of hydrogen-bond acceptors (Lipinski definition) is 4. The molecular formula is C13H16N2O4S. The van der Waals surface area contributed by atoms with Crippen molar-refractivity contribution in [1.29, 1.82) is 5.26 Å². The number of hydrogen-bond donors (Lipinski definition) is 1. The van der Waals surface area contributed by atoms with Crippen molar-refractivity contribution in [2.75, 3.05) is 13.6 Å². The molecule has 108 valence electrons. The number of aliphatic carboxylic acids is 1. The van der Waals surface area contributed by atoms with Gasteiger partial charge in [0.1, 0.15) is 0 Å². The van der Waals surface area contributed by atoms with Crippen LogP contribution in [0.15, 0.2) is 24.3 Å². The fraction of sp³-hybridized carbons (Fsp3) is 0.385. The van der Waals surface area contributed by atoms with Crippen LogP contribution >= 0.6 is 0 Å². The van der Waals surface area contributed by atoms with E-state index in [1.54, 1.807) is 24.3 Å². The molecule has 0 fully saturated rings. The Kier molecular flexibility index (Phi) is 5.67. The fourth-order valence-electron chi connectivity index (χ4n) is 1.65. The molecule has 0 radical (unpaired) electrons. The molecule has 0 saturated heterocycles. The number of carbonyl (C=O) groups is 1. The van der Waals surface area contributed by atoms with Gasteiger partial charge in [-0.3, -0.25) is 4.79 Å². The van der Waals surface area contributed by atoms with Gasteiger partial charge in [-0.2, -0.15) is 5.26 Å². The normalized spacial score (nSPS) is 11.2. The van der Waals surface area contributed by atoms with Crippen LogP contribution in [0.2, 0.25) is 0 Å². The molecule has 0 saturated carbocycles. The van der Waals surface area contributed by atoms with Crippen LogP contribution in [0.3, 0.4) is 0 Å². The topological polar surface area (TPSA) is 98.5 Å². The molecule has 0 unspecified atom stereocenters. The molecular weight excluding hydrogens is 280 g/mol. The summed E-state index contributed by atoms with van der Waals surface area (Å²) in [6, 6.07) is 8.47. The standard InChI is InChI=1S/C13H16N2O4S/c1-15(8-4-7-13(16)17)20(18,19)10-12-6-3-2-5-11(12)9-14/h2-3,5-6H,4,7-8,10H2,1H3,(H,16,17). The first-order valence-corrected chi connectivity index (χ1v) is 7.61. The maximum absolute atomic E-state index is 12.1. The van der Waals surface area contributed by atoms with Crippen molar-refractivity contribution >= 4 is 16.0 Å². The molecule has 1 aromatic carbocycles. The highest BCUT2D eigenvalue weighted by Crippen LogP contribution is 2.14. The van der Waals surface area contributed by atoms with Gasteiger partial charge in [-0.25, -0.2) is 12.7 Å². The lowest BCUT2D eigenvalue weighted by Crippen LogP contribution is -2.29. The summed E-state index contributed by atoms with van der Waals surface area (Å²) in [4.78, 5) is 10.4. The minimum Gasteiger partial charge on any atom is -0.481 e. The van der Waals surface area contributed by atoms with Crippen molar-refractivity contribution in [3.8, 4) is 6.07 Å². The molecule has 1 N–H and O–H groups in total. The van der Waals surface area contributed by atoms with Crippen LogP contribution in [0.1, 0.15) is 24.0 Å². The first kappa shape index (κ1) is 16.1. The molecule has 0 heterocycles. The van der Waals surface area contributed by atoms with Crippen molar-refractivity contribution in [3.05, 3.63) is 35.4 Å². The summed E-state index contributed by atoms with van der Waals surface area (Å²) in [5, 5.41) is 17.5. The Labute approximate surface area is 118 Å². The average Bonchev–Trinajstić information content (AvgIpc) is 2.38. The minimum absolute atomic E-state index is 0.0748. The highest BCUT2D eigenvalue weighted by atomic mass is 32.2. The van der Waals surface area contributed by atoms with Crippen LogP contribution in [-0.2, 0) is 20.6 Å². The van der Waals surface area contributed by atoms with Crippen LogP contribution in [0.4, 0.5) is 0 Å². The van der Waals surface area contributed by atoms with Gasteiger partial charge in [-0.05, 0) is 18.1 Å². The number of nitrogens with zero attached hydrogens (tertiary/aromatic N) is 2. The monoisotopic (exact) mass is 296 g/mol. The van der Waals surface area contributed by atoms with Gasteiger partial charge in [0.05, 0.1) is 17.4 Å². The molecule has 0 aliphatic rings. The first-order valence-electron chi connectivity index (χ1n) is 6.00. The van der Waals surface area contributed by atoms with E-state index in [1.807, 2.05) is 6.07 Å². The molecule has 1 rings (SSSR count). The SMILES string of the molecule is CN(CCCC(=O)O)S(=O)(=O)Cc1ccccc1C#N. The van der Waals surface area contributed by atoms with E-state index in [0.29, 0.717) is 11.1 Å². The molecule has 0 atom stereocenters. The second kappa shape index (κ2) is 7.03. The Morgan fingerprint density at radius 2 is 2.05 bits per heavy atom. The van der Waals surface area contributed by atoms with Gasteiger partial charge in [0.25, 0.3) is 0 Å². The summed E-state index contributed by atoms with van der Waals surface area (Å²) < 4.78 is 25.4. The van der Waals surface area contributed by atoms with E-state index in [2.05, 4.69) is 0 Å².